The van der Waals surface area contributed by atoms with Gasteiger partial charge in [0.15, 0.2) is 11.5 Å². The Morgan fingerprint density at radius 2 is 1.88 bits per heavy atom. The quantitative estimate of drug-likeness (QED) is 0.190. The van der Waals surface area contributed by atoms with Crippen LogP contribution in [0.2, 0.25) is 5.02 Å². The molecule has 13 heteroatoms. The molecule has 220 valence electrons. The Balaban J connectivity index is 1.44. The summed E-state index contributed by atoms with van der Waals surface area (Å²) in [5.74, 6) is -1.10. The summed E-state index contributed by atoms with van der Waals surface area (Å²) < 4.78 is 16.9. The van der Waals surface area contributed by atoms with Gasteiger partial charge < -0.3 is 19.5 Å². The molecule has 1 N–H and O–H groups in total. The first-order valence-electron chi connectivity index (χ1n) is 12.6. The SMILES string of the molecule is CCOC(=O)c1cc(NC(=O)CN2C(=O)S/C(=C/c3cc(Br)c(OCc4ccc(C#N)cc4)c(OC)c3)C2=O)ccc1Cl. The highest BCUT2D eigenvalue weighted by Gasteiger charge is 2.36. The van der Waals surface area contributed by atoms with Crippen molar-refractivity contribution in [2.24, 2.45) is 0 Å². The lowest BCUT2D eigenvalue weighted by molar-refractivity contribution is -0.127. The summed E-state index contributed by atoms with van der Waals surface area (Å²) in [5, 5.41) is 11.1. The van der Waals surface area contributed by atoms with Crippen molar-refractivity contribution in [1.82, 2.24) is 4.90 Å². The Morgan fingerprint density at radius 3 is 2.56 bits per heavy atom. The second kappa shape index (κ2) is 14.2. The van der Waals surface area contributed by atoms with Gasteiger partial charge in [-0.2, -0.15) is 5.26 Å². The number of hydrogen-bond donors (Lipinski definition) is 1. The Hall–Kier alpha value is -4.31. The minimum Gasteiger partial charge on any atom is -0.493 e. The number of esters is 1. The number of carbonyl (C=O) groups is 4. The molecule has 1 aliphatic rings. The Kier molecular flexibility index (Phi) is 10.5. The van der Waals surface area contributed by atoms with Gasteiger partial charge in [0.25, 0.3) is 11.1 Å². The van der Waals surface area contributed by atoms with E-state index in [1.807, 2.05) is 0 Å². The third-order valence-electron chi connectivity index (χ3n) is 5.94. The van der Waals surface area contributed by atoms with Crippen LogP contribution in [0.5, 0.6) is 11.5 Å². The molecule has 10 nitrogen and oxygen atoms in total. The molecule has 1 fully saturated rings. The summed E-state index contributed by atoms with van der Waals surface area (Å²) in [5.41, 5.74) is 2.27. The standard InChI is InChI=1S/C30H23BrClN3O7S/c1-3-41-29(38)21-13-20(8-9-23(21)32)34-26(36)15-35-28(37)25(43-30(35)39)12-19-10-22(31)27(24(11-19)40-2)42-16-18-6-4-17(14-33)5-7-18/h4-13H,3,15-16H2,1-2H3,(H,34,36)/b25-12+. The van der Waals surface area contributed by atoms with Crippen LogP contribution in [0.3, 0.4) is 0 Å². The highest BCUT2D eigenvalue weighted by molar-refractivity contribution is 9.10. The number of methoxy groups -OCH3 is 1. The predicted octanol–water partition coefficient (Wildman–Crippen LogP) is 6.41. The van der Waals surface area contributed by atoms with Crippen LogP contribution in [-0.4, -0.2) is 48.2 Å². The summed E-state index contributed by atoms with van der Waals surface area (Å²) in [4.78, 5) is 51.4. The second-order valence-corrected chi connectivity index (χ2v) is 11.1. The lowest BCUT2D eigenvalue weighted by atomic mass is 10.1. The van der Waals surface area contributed by atoms with E-state index in [9.17, 15) is 19.2 Å². The Morgan fingerprint density at radius 1 is 1.14 bits per heavy atom. The van der Waals surface area contributed by atoms with Gasteiger partial charge in [0.2, 0.25) is 5.91 Å². The molecule has 1 heterocycles. The number of imide groups is 1. The monoisotopic (exact) mass is 683 g/mol. The summed E-state index contributed by atoms with van der Waals surface area (Å²) in [6, 6.07) is 16.7. The maximum Gasteiger partial charge on any atom is 0.339 e. The van der Waals surface area contributed by atoms with Gasteiger partial charge in [-0.05, 0) is 94.3 Å². The molecule has 0 unspecified atom stereocenters. The molecule has 0 aliphatic carbocycles. The number of nitrogens with one attached hydrogen (secondary N) is 1. The molecule has 1 saturated heterocycles. The van der Waals surface area contributed by atoms with Crippen molar-refractivity contribution in [2.75, 3.05) is 25.6 Å². The maximum atomic E-state index is 13.0. The molecule has 0 radical (unpaired) electrons. The van der Waals surface area contributed by atoms with Gasteiger partial charge in [0, 0.05) is 5.69 Å². The number of rotatable bonds is 10. The van der Waals surface area contributed by atoms with E-state index in [1.54, 1.807) is 43.3 Å². The van der Waals surface area contributed by atoms with Crippen LogP contribution in [-0.2, 0) is 20.9 Å². The average Bonchev–Trinajstić information content (AvgIpc) is 3.24. The minimum atomic E-state index is -0.645. The molecule has 0 bridgehead atoms. The van der Waals surface area contributed by atoms with E-state index in [0.29, 0.717) is 38.9 Å². The summed E-state index contributed by atoms with van der Waals surface area (Å²) in [6.07, 6.45) is 1.52. The van der Waals surface area contributed by atoms with E-state index in [0.717, 1.165) is 10.5 Å². The average molecular weight is 685 g/mol. The molecule has 4 rings (SSSR count). The second-order valence-electron chi connectivity index (χ2n) is 8.86. The molecule has 3 amide bonds. The van der Waals surface area contributed by atoms with Crippen LogP contribution < -0.4 is 14.8 Å². The van der Waals surface area contributed by atoms with Crippen LogP contribution >= 0.6 is 39.3 Å². The van der Waals surface area contributed by atoms with Crippen molar-refractivity contribution in [1.29, 1.82) is 5.26 Å². The first kappa shape index (κ1) is 31.6. The third kappa shape index (κ3) is 7.75. The van der Waals surface area contributed by atoms with Crippen molar-refractivity contribution in [3.63, 3.8) is 0 Å². The van der Waals surface area contributed by atoms with E-state index < -0.39 is 29.6 Å². The number of halogens is 2. The van der Waals surface area contributed by atoms with Crippen molar-refractivity contribution in [3.05, 3.63) is 91.3 Å². The molecule has 0 aromatic heterocycles. The molecular weight excluding hydrogens is 662 g/mol. The number of hydrogen-bond acceptors (Lipinski definition) is 9. The molecule has 3 aromatic rings. The van der Waals surface area contributed by atoms with Gasteiger partial charge in [-0.15, -0.1) is 0 Å². The van der Waals surface area contributed by atoms with Crippen molar-refractivity contribution in [2.45, 2.75) is 13.5 Å². The molecule has 0 spiro atoms. The van der Waals surface area contributed by atoms with E-state index in [4.69, 9.17) is 31.1 Å². The molecule has 43 heavy (non-hydrogen) atoms. The van der Waals surface area contributed by atoms with Crippen LogP contribution in [0.1, 0.15) is 34.0 Å². The minimum absolute atomic E-state index is 0.0719. The summed E-state index contributed by atoms with van der Waals surface area (Å²) in [6.45, 7) is 1.50. The first-order valence-corrected chi connectivity index (χ1v) is 14.6. The molecule has 1 aliphatic heterocycles. The number of benzene rings is 3. The van der Waals surface area contributed by atoms with Crippen molar-refractivity contribution < 1.29 is 33.4 Å². The van der Waals surface area contributed by atoms with Gasteiger partial charge in [-0.3, -0.25) is 19.3 Å². The smallest absolute Gasteiger partial charge is 0.339 e. The van der Waals surface area contributed by atoms with Gasteiger partial charge in [0.05, 0.1) is 45.3 Å². The lowest BCUT2D eigenvalue weighted by Gasteiger charge is -2.14. The maximum absolute atomic E-state index is 13.0. The number of thioether (sulfide) groups is 1. The van der Waals surface area contributed by atoms with Gasteiger partial charge in [-0.1, -0.05) is 23.7 Å². The first-order chi connectivity index (χ1) is 20.6. The molecule has 0 atom stereocenters. The Labute approximate surface area is 264 Å². The van der Waals surface area contributed by atoms with E-state index in [2.05, 4.69) is 27.3 Å². The highest BCUT2D eigenvalue weighted by atomic mass is 79.9. The van der Waals surface area contributed by atoms with Crippen LogP contribution in [0, 0.1) is 11.3 Å². The number of ether oxygens (including phenoxy) is 3. The fourth-order valence-electron chi connectivity index (χ4n) is 3.89. The zero-order valence-electron chi connectivity index (χ0n) is 22.8. The van der Waals surface area contributed by atoms with Gasteiger partial charge in [-0.25, -0.2) is 4.79 Å². The van der Waals surface area contributed by atoms with Crippen LogP contribution in [0.25, 0.3) is 6.08 Å². The number of carbonyl (C=O) groups excluding carboxylic acids is 4. The molecule has 0 saturated carbocycles. The lowest BCUT2D eigenvalue weighted by Crippen LogP contribution is -2.36. The number of nitriles is 1. The third-order valence-corrected chi connectivity index (χ3v) is 7.76. The zero-order chi connectivity index (χ0) is 31.1. The summed E-state index contributed by atoms with van der Waals surface area (Å²) >= 11 is 10.2. The summed E-state index contributed by atoms with van der Waals surface area (Å²) in [7, 11) is 1.48. The van der Waals surface area contributed by atoms with Crippen molar-refractivity contribution in [3.8, 4) is 17.6 Å². The number of nitrogens with zero attached hydrogens (tertiary/aromatic N) is 2. The van der Waals surface area contributed by atoms with Gasteiger partial charge in [0.1, 0.15) is 13.2 Å². The molecule has 3 aromatic carbocycles. The zero-order valence-corrected chi connectivity index (χ0v) is 26.0. The molecular formula is C30H23BrClN3O7S. The highest BCUT2D eigenvalue weighted by Crippen LogP contribution is 2.39. The predicted molar refractivity (Wildman–Crippen MR) is 165 cm³/mol. The van der Waals surface area contributed by atoms with Gasteiger partial charge >= 0.3 is 5.97 Å². The van der Waals surface area contributed by atoms with E-state index >= 15 is 0 Å². The number of amides is 3. The van der Waals surface area contributed by atoms with Crippen LogP contribution in [0.4, 0.5) is 10.5 Å². The topological polar surface area (TPSA) is 135 Å². The largest absolute Gasteiger partial charge is 0.493 e. The van der Waals surface area contributed by atoms with E-state index in [1.165, 1.54) is 31.4 Å². The number of anilines is 1. The van der Waals surface area contributed by atoms with E-state index in [-0.39, 0.29) is 34.4 Å². The fraction of sp³-hybridized carbons (Fsp3) is 0.167. The normalized spacial score (nSPS) is 13.6. The van der Waals surface area contributed by atoms with Crippen molar-refractivity contribution >= 4 is 74.1 Å². The van der Waals surface area contributed by atoms with Crippen LogP contribution in [0.15, 0.2) is 64.0 Å². The Bertz CT molecular complexity index is 1670. The fourth-order valence-corrected chi connectivity index (χ4v) is 5.50.